The number of ether oxygens (including phenoxy) is 1. The maximum absolute atomic E-state index is 13.2. The van der Waals surface area contributed by atoms with E-state index in [9.17, 15) is 4.79 Å². The minimum Gasteiger partial charge on any atom is -0.495 e. The summed E-state index contributed by atoms with van der Waals surface area (Å²) >= 11 is 0. The summed E-state index contributed by atoms with van der Waals surface area (Å²) in [4.78, 5) is 22.3. The summed E-state index contributed by atoms with van der Waals surface area (Å²) in [6, 6.07) is 8.00. The van der Waals surface area contributed by atoms with Gasteiger partial charge in [0.05, 0.1) is 46.9 Å². The summed E-state index contributed by atoms with van der Waals surface area (Å²) in [6.07, 6.45) is 5.44. The first-order valence-electron chi connectivity index (χ1n) is 9.91. The number of aromatic nitrogens is 6. The Morgan fingerprint density at radius 3 is 2.48 bits per heavy atom. The lowest BCUT2D eigenvalue weighted by atomic mass is 10.0. The van der Waals surface area contributed by atoms with Gasteiger partial charge in [-0.2, -0.15) is 5.10 Å². The normalized spacial score (nSPS) is 11.5. The molecule has 0 spiro atoms. The highest BCUT2D eigenvalue weighted by Crippen LogP contribution is 2.31. The number of hydrogen-bond donors (Lipinski definition) is 0. The molecule has 4 heterocycles. The quantitative estimate of drug-likeness (QED) is 0.453. The summed E-state index contributed by atoms with van der Waals surface area (Å²) in [6.45, 7) is 3.81. The van der Waals surface area contributed by atoms with Gasteiger partial charge in [0, 0.05) is 37.4 Å². The number of fused-ring (bicyclic) bond motifs is 3. The maximum Gasteiger partial charge on any atom is 0.333 e. The van der Waals surface area contributed by atoms with Crippen LogP contribution < -0.4 is 10.4 Å². The standard InChI is InChI=1S/C23H22N6O2/c1-13-20(12-27(3)26-13)29-22-17-8-15(16-9-21(31-5)14(2)24-10-16)6-7-18(17)25-11-19(22)28(4)23(29)30/h6-12H,1-5H3. The summed E-state index contributed by atoms with van der Waals surface area (Å²) in [5.41, 5.74) is 6.52. The number of rotatable bonds is 3. The van der Waals surface area contributed by atoms with Gasteiger partial charge in [-0.15, -0.1) is 0 Å². The van der Waals surface area contributed by atoms with Gasteiger partial charge in [-0.25, -0.2) is 4.79 Å². The van der Waals surface area contributed by atoms with Crippen LogP contribution in [0.3, 0.4) is 0 Å². The Labute approximate surface area is 178 Å². The van der Waals surface area contributed by atoms with Crippen LogP contribution in [-0.2, 0) is 14.1 Å². The van der Waals surface area contributed by atoms with Gasteiger partial charge in [0.15, 0.2) is 0 Å². The largest absolute Gasteiger partial charge is 0.495 e. The van der Waals surface area contributed by atoms with Crippen LogP contribution in [0.15, 0.2) is 47.7 Å². The molecule has 0 amide bonds. The van der Waals surface area contributed by atoms with Gasteiger partial charge < -0.3 is 4.74 Å². The van der Waals surface area contributed by atoms with Crippen molar-refractivity contribution in [3.8, 4) is 22.6 Å². The van der Waals surface area contributed by atoms with E-state index in [1.54, 1.807) is 34.2 Å². The third-order valence-corrected chi connectivity index (χ3v) is 5.71. The van der Waals surface area contributed by atoms with Crippen molar-refractivity contribution < 1.29 is 4.74 Å². The van der Waals surface area contributed by atoms with Crippen molar-refractivity contribution >= 4 is 21.9 Å². The minimum absolute atomic E-state index is 0.135. The van der Waals surface area contributed by atoms with E-state index in [0.717, 1.165) is 55.9 Å². The van der Waals surface area contributed by atoms with Crippen molar-refractivity contribution in [3.05, 3.63) is 64.7 Å². The van der Waals surface area contributed by atoms with E-state index in [2.05, 4.69) is 21.1 Å². The van der Waals surface area contributed by atoms with Gasteiger partial charge in [-0.05, 0) is 37.6 Å². The van der Waals surface area contributed by atoms with E-state index in [0.29, 0.717) is 0 Å². The van der Waals surface area contributed by atoms with E-state index in [1.807, 2.05) is 51.5 Å². The molecule has 0 unspecified atom stereocenters. The Morgan fingerprint density at radius 2 is 1.77 bits per heavy atom. The van der Waals surface area contributed by atoms with Crippen molar-refractivity contribution in [1.29, 1.82) is 0 Å². The van der Waals surface area contributed by atoms with Gasteiger partial charge in [-0.3, -0.25) is 23.8 Å². The fraction of sp³-hybridized carbons (Fsp3) is 0.217. The molecule has 0 saturated heterocycles. The number of nitrogens with zero attached hydrogens (tertiary/aromatic N) is 6. The van der Waals surface area contributed by atoms with Gasteiger partial charge in [0.2, 0.25) is 0 Å². The minimum atomic E-state index is -0.135. The van der Waals surface area contributed by atoms with Crippen LogP contribution in [0.4, 0.5) is 0 Å². The molecule has 0 saturated carbocycles. The molecule has 0 aliphatic heterocycles. The van der Waals surface area contributed by atoms with E-state index >= 15 is 0 Å². The van der Waals surface area contributed by atoms with Gasteiger partial charge in [-0.1, -0.05) is 6.07 Å². The van der Waals surface area contributed by atoms with Crippen LogP contribution in [0.2, 0.25) is 0 Å². The molecule has 0 bridgehead atoms. The fourth-order valence-corrected chi connectivity index (χ4v) is 4.08. The lowest BCUT2D eigenvalue weighted by molar-refractivity contribution is 0.409. The molecule has 0 aliphatic rings. The molecule has 156 valence electrons. The summed E-state index contributed by atoms with van der Waals surface area (Å²) in [5.74, 6) is 0.733. The molecule has 0 radical (unpaired) electrons. The van der Waals surface area contributed by atoms with Crippen LogP contribution in [0.1, 0.15) is 11.4 Å². The Morgan fingerprint density at radius 1 is 0.968 bits per heavy atom. The van der Waals surface area contributed by atoms with Crippen molar-refractivity contribution in [1.82, 2.24) is 28.9 Å². The molecule has 8 heteroatoms. The van der Waals surface area contributed by atoms with E-state index in [1.165, 1.54) is 0 Å². The highest BCUT2D eigenvalue weighted by atomic mass is 16.5. The van der Waals surface area contributed by atoms with Crippen LogP contribution >= 0.6 is 0 Å². The zero-order valence-electron chi connectivity index (χ0n) is 18.0. The molecule has 1 aromatic carbocycles. The summed E-state index contributed by atoms with van der Waals surface area (Å²) < 4.78 is 10.5. The highest BCUT2D eigenvalue weighted by Gasteiger charge is 2.19. The second-order valence-corrected chi connectivity index (χ2v) is 7.69. The predicted octanol–water partition coefficient (Wildman–Crippen LogP) is 3.30. The second kappa shape index (κ2) is 6.80. The third kappa shape index (κ3) is 2.83. The van der Waals surface area contributed by atoms with Crippen molar-refractivity contribution in [2.24, 2.45) is 14.1 Å². The van der Waals surface area contributed by atoms with Crippen LogP contribution in [0, 0.1) is 13.8 Å². The Kier molecular flexibility index (Phi) is 4.18. The molecule has 0 aliphatic carbocycles. The zero-order valence-corrected chi connectivity index (χ0v) is 18.0. The highest BCUT2D eigenvalue weighted by molar-refractivity contribution is 6.04. The average Bonchev–Trinajstić information content (AvgIpc) is 3.23. The zero-order chi connectivity index (χ0) is 21.9. The fourth-order valence-electron chi connectivity index (χ4n) is 4.08. The Hall–Kier alpha value is -3.94. The molecular formula is C23H22N6O2. The smallest absolute Gasteiger partial charge is 0.333 e. The van der Waals surface area contributed by atoms with Crippen LogP contribution in [0.25, 0.3) is 38.8 Å². The molecule has 4 aromatic heterocycles. The number of pyridine rings is 2. The molecule has 5 rings (SSSR count). The monoisotopic (exact) mass is 414 g/mol. The number of imidazole rings is 1. The number of hydrogen-bond acceptors (Lipinski definition) is 5. The first kappa shape index (κ1) is 19.0. The molecule has 0 atom stereocenters. The van der Waals surface area contributed by atoms with Gasteiger partial charge in [0.25, 0.3) is 0 Å². The molecular weight excluding hydrogens is 392 g/mol. The van der Waals surface area contributed by atoms with Crippen molar-refractivity contribution in [2.75, 3.05) is 7.11 Å². The molecule has 31 heavy (non-hydrogen) atoms. The second-order valence-electron chi connectivity index (χ2n) is 7.69. The van der Waals surface area contributed by atoms with E-state index < -0.39 is 0 Å². The van der Waals surface area contributed by atoms with Gasteiger partial charge in [0.1, 0.15) is 5.75 Å². The molecule has 5 aromatic rings. The molecule has 0 fully saturated rings. The number of aryl methyl sites for hydroxylation is 4. The number of benzene rings is 1. The Balaban J connectivity index is 1.86. The van der Waals surface area contributed by atoms with Crippen molar-refractivity contribution in [3.63, 3.8) is 0 Å². The van der Waals surface area contributed by atoms with E-state index in [4.69, 9.17) is 4.74 Å². The summed E-state index contributed by atoms with van der Waals surface area (Å²) in [7, 11) is 5.25. The third-order valence-electron chi connectivity index (χ3n) is 5.71. The number of methoxy groups -OCH3 is 1. The van der Waals surface area contributed by atoms with Gasteiger partial charge >= 0.3 is 5.69 Å². The lowest BCUT2D eigenvalue weighted by Crippen LogP contribution is -2.21. The lowest BCUT2D eigenvalue weighted by Gasteiger charge is -2.09. The van der Waals surface area contributed by atoms with Crippen LogP contribution in [0.5, 0.6) is 5.75 Å². The van der Waals surface area contributed by atoms with Crippen molar-refractivity contribution in [2.45, 2.75) is 13.8 Å². The molecule has 8 nitrogen and oxygen atoms in total. The average molecular weight is 414 g/mol. The molecule has 0 N–H and O–H groups in total. The maximum atomic E-state index is 13.2. The predicted molar refractivity (Wildman–Crippen MR) is 120 cm³/mol. The summed E-state index contributed by atoms with van der Waals surface area (Å²) in [5, 5.41) is 5.31. The van der Waals surface area contributed by atoms with E-state index in [-0.39, 0.29) is 5.69 Å². The topological polar surface area (TPSA) is 79.8 Å². The first-order valence-corrected chi connectivity index (χ1v) is 9.91. The SMILES string of the molecule is COc1cc(-c2ccc3ncc4c(c3c2)n(-c2cn(C)nc2C)c(=O)n4C)cnc1C. The van der Waals surface area contributed by atoms with Crippen LogP contribution in [-0.4, -0.2) is 36.0 Å². The Bertz CT molecular complexity index is 1540. The first-order chi connectivity index (χ1) is 14.9.